The fourth-order valence-corrected chi connectivity index (χ4v) is 4.32. The number of para-hydroxylation sites is 1. The van der Waals surface area contributed by atoms with Gasteiger partial charge in [-0.25, -0.2) is 0 Å². The molecule has 0 aromatic heterocycles. The second kappa shape index (κ2) is 8.19. The van der Waals surface area contributed by atoms with E-state index in [1.807, 2.05) is 62.4 Å². The van der Waals surface area contributed by atoms with Gasteiger partial charge in [0.1, 0.15) is 5.75 Å². The predicted molar refractivity (Wildman–Crippen MR) is 117 cm³/mol. The Labute approximate surface area is 176 Å². The number of ketones is 1. The van der Waals surface area contributed by atoms with Gasteiger partial charge in [-0.3, -0.25) is 9.59 Å². The van der Waals surface area contributed by atoms with Crippen LogP contribution < -0.4 is 15.4 Å². The van der Waals surface area contributed by atoms with Crippen LogP contribution in [-0.4, -0.2) is 18.8 Å². The van der Waals surface area contributed by atoms with Gasteiger partial charge in [-0.1, -0.05) is 30.3 Å². The third kappa shape index (κ3) is 3.63. The second-order valence-corrected chi connectivity index (χ2v) is 7.81. The van der Waals surface area contributed by atoms with Gasteiger partial charge in [-0.15, -0.1) is 0 Å². The van der Waals surface area contributed by atoms with E-state index in [9.17, 15) is 9.59 Å². The molecule has 5 heteroatoms. The van der Waals surface area contributed by atoms with Crippen molar-refractivity contribution < 1.29 is 14.3 Å². The number of Topliss-reactive ketones (excluding diaryl/α,β-unsaturated/α-hetero) is 1. The molecule has 0 radical (unpaired) electrons. The van der Waals surface area contributed by atoms with Crippen LogP contribution in [0.2, 0.25) is 0 Å². The molecule has 0 saturated carbocycles. The van der Waals surface area contributed by atoms with Crippen LogP contribution in [0.1, 0.15) is 43.2 Å². The number of hydrogen-bond acceptors (Lipinski definition) is 4. The first-order valence-corrected chi connectivity index (χ1v) is 10.2. The van der Waals surface area contributed by atoms with Crippen molar-refractivity contribution in [3.63, 3.8) is 0 Å². The number of methoxy groups -OCH3 is 1. The molecule has 0 saturated heterocycles. The monoisotopic (exact) mass is 402 g/mol. The highest BCUT2D eigenvalue weighted by Gasteiger charge is 2.38. The lowest BCUT2D eigenvalue weighted by Gasteiger charge is -2.34. The SMILES string of the molecule is COc1ccc([C@H]2C(C(=O)Nc3ccccc3C)=C(C)NC3=C2C(=O)CCC3)cc1. The minimum absolute atomic E-state index is 0.109. The number of aryl methyl sites for hydroxylation is 1. The maximum Gasteiger partial charge on any atom is 0.254 e. The third-order valence-corrected chi connectivity index (χ3v) is 5.86. The van der Waals surface area contributed by atoms with E-state index in [0.717, 1.165) is 46.8 Å². The van der Waals surface area contributed by atoms with Crippen LogP contribution in [0.25, 0.3) is 0 Å². The first kappa shape index (κ1) is 20.0. The molecular formula is C25H26N2O3. The van der Waals surface area contributed by atoms with Crippen LogP contribution in [-0.2, 0) is 9.59 Å². The molecule has 1 aliphatic carbocycles. The minimum atomic E-state index is -0.399. The number of carbonyl (C=O) groups excluding carboxylic acids is 2. The number of nitrogens with one attached hydrogen (secondary N) is 2. The topological polar surface area (TPSA) is 67.4 Å². The normalized spacial score (nSPS) is 18.6. The number of ether oxygens (including phenoxy) is 1. The van der Waals surface area contributed by atoms with Gasteiger partial charge in [0.25, 0.3) is 5.91 Å². The Morgan fingerprint density at radius 2 is 1.80 bits per heavy atom. The first-order valence-electron chi connectivity index (χ1n) is 10.2. The Kier molecular flexibility index (Phi) is 5.44. The molecule has 0 bridgehead atoms. The lowest BCUT2D eigenvalue weighted by Crippen LogP contribution is -2.35. The van der Waals surface area contributed by atoms with Crippen molar-refractivity contribution in [1.29, 1.82) is 0 Å². The standard InChI is InChI=1S/C25H26N2O3/c1-15-7-4-5-8-19(15)27-25(29)22-16(2)26-20-9-6-10-21(28)24(20)23(22)17-11-13-18(30-3)14-12-17/h4-5,7-8,11-14,23,26H,6,9-10H2,1-3H3,(H,27,29)/t23-/m0/s1. The fourth-order valence-electron chi connectivity index (χ4n) is 4.32. The molecule has 1 amide bonds. The first-order chi connectivity index (χ1) is 14.5. The zero-order valence-electron chi connectivity index (χ0n) is 17.5. The molecule has 0 spiro atoms. The number of anilines is 1. The Balaban J connectivity index is 1.79. The average molecular weight is 402 g/mol. The molecule has 30 heavy (non-hydrogen) atoms. The largest absolute Gasteiger partial charge is 0.497 e. The lowest BCUT2D eigenvalue weighted by atomic mass is 9.75. The fraction of sp³-hybridized carbons (Fsp3) is 0.280. The van der Waals surface area contributed by atoms with E-state index in [2.05, 4.69) is 10.6 Å². The van der Waals surface area contributed by atoms with E-state index >= 15 is 0 Å². The van der Waals surface area contributed by atoms with Crippen LogP contribution in [0.4, 0.5) is 5.69 Å². The van der Waals surface area contributed by atoms with Gasteiger partial charge in [0, 0.05) is 40.6 Å². The summed E-state index contributed by atoms with van der Waals surface area (Å²) in [5.41, 5.74) is 5.69. The van der Waals surface area contributed by atoms with Crippen molar-refractivity contribution in [3.05, 3.63) is 82.2 Å². The van der Waals surface area contributed by atoms with Crippen LogP contribution in [0, 0.1) is 6.92 Å². The predicted octanol–water partition coefficient (Wildman–Crippen LogP) is 4.61. The Hall–Kier alpha value is -3.34. The van der Waals surface area contributed by atoms with Crippen molar-refractivity contribution >= 4 is 17.4 Å². The molecule has 2 aromatic carbocycles. The number of allylic oxidation sites excluding steroid dienone is 3. The Morgan fingerprint density at radius 1 is 1.07 bits per heavy atom. The van der Waals surface area contributed by atoms with Gasteiger partial charge in [0.2, 0.25) is 0 Å². The van der Waals surface area contributed by atoms with Crippen LogP contribution in [0.15, 0.2) is 71.1 Å². The summed E-state index contributed by atoms with van der Waals surface area (Å²) in [7, 11) is 1.62. The van der Waals surface area contributed by atoms with Crippen molar-refractivity contribution in [2.75, 3.05) is 12.4 Å². The van der Waals surface area contributed by atoms with Crippen molar-refractivity contribution in [2.24, 2.45) is 0 Å². The van der Waals surface area contributed by atoms with Crippen molar-refractivity contribution in [1.82, 2.24) is 5.32 Å². The van der Waals surface area contributed by atoms with Crippen molar-refractivity contribution in [2.45, 2.75) is 39.0 Å². The van der Waals surface area contributed by atoms with Gasteiger partial charge in [0.15, 0.2) is 5.78 Å². The second-order valence-electron chi connectivity index (χ2n) is 7.81. The Bertz CT molecular complexity index is 1060. The van der Waals surface area contributed by atoms with Crippen LogP contribution in [0.5, 0.6) is 5.75 Å². The molecule has 1 atom stereocenters. The molecule has 5 nitrogen and oxygen atoms in total. The Morgan fingerprint density at radius 3 is 2.50 bits per heavy atom. The highest BCUT2D eigenvalue weighted by molar-refractivity contribution is 6.10. The van der Waals surface area contributed by atoms with E-state index in [1.54, 1.807) is 7.11 Å². The molecule has 1 heterocycles. The number of dihydropyridines is 1. The highest BCUT2D eigenvalue weighted by atomic mass is 16.5. The summed E-state index contributed by atoms with van der Waals surface area (Å²) in [6.07, 6.45) is 2.16. The van der Waals surface area contributed by atoms with E-state index in [1.165, 1.54) is 0 Å². The summed E-state index contributed by atoms with van der Waals surface area (Å²) >= 11 is 0. The van der Waals surface area contributed by atoms with E-state index in [0.29, 0.717) is 17.6 Å². The summed E-state index contributed by atoms with van der Waals surface area (Å²) < 4.78 is 5.29. The van der Waals surface area contributed by atoms with Gasteiger partial charge >= 0.3 is 0 Å². The maximum atomic E-state index is 13.5. The molecule has 2 N–H and O–H groups in total. The maximum absolute atomic E-state index is 13.5. The smallest absolute Gasteiger partial charge is 0.254 e. The van der Waals surface area contributed by atoms with Gasteiger partial charge in [-0.2, -0.15) is 0 Å². The third-order valence-electron chi connectivity index (χ3n) is 5.86. The molecule has 154 valence electrons. The quantitative estimate of drug-likeness (QED) is 0.784. The summed E-state index contributed by atoms with van der Waals surface area (Å²) in [5, 5.41) is 6.40. The average Bonchev–Trinajstić information content (AvgIpc) is 2.74. The molecule has 0 fully saturated rings. The van der Waals surface area contributed by atoms with Gasteiger partial charge < -0.3 is 15.4 Å². The van der Waals surface area contributed by atoms with Crippen LogP contribution >= 0.6 is 0 Å². The zero-order chi connectivity index (χ0) is 21.3. The number of rotatable bonds is 4. The summed E-state index contributed by atoms with van der Waals surface area (Å²) in [6.45, 7) is 3.87. The minimum Gasteiger partial charge on any atom is -0.497 e. The van der Waals surface area contributed by atoms with Gasteiger partial charge in [-0.05, 0) is 56.0 Å². The number of carbonyl (C=O) groups is 2. The van der Waals surface area contributed by atoms with E-state index < -0.39 is 5.92 Å². The van der Waals surface area contributed by atoms with E-state index in [-0.39, 0.29) is 11.7 Å². The number of hydrogen-bond donors (Lipinski definition) is 2. The number of amides is 1. The lowest BCUT2D eigenvalue weighted by molar-refractivity contribution is -0.116. The molecule has 1 aliphatic heterocycles. The van der Waals surface area contributed by atoms with E-state index in [4.69, 9.17) is 4.74 Å². The summed E-state index contributed by atoms with van der Waals surface area (Å²) in [4.78, 5) is 26.4. The molecule has 2 aromatic rings. The van der Waals surface area contributed by atoms with Crippen LogP contribution in [0.3, 0.4) is 0 Å². The zero-order valence-corrected chi connectivity index (χ0v) is 17.5. The van der Waals surface area contributed by atoms with Crippen molar-refractivity contribution in [3.8, 4) is 5.75 Å². The molecule has 0 unspecified atom stereocenters. The highest BCUT2D eigenvalue weighted by Crippen LogP contribution is 2.42. The summed E-state index contributed by atoms with van der Waals surface area (Å²) in [5.74, 6) is 0.255. The number of benzene rings is 2. The molecule has 4 rings (SSSR count). The molecule has 2 aliphatic rings. The summed E-state index contributed by atoms with van der Waals surface area (Å²) in [6, 6.07) is 15.3. The van der Waals surface area contributed by atoms with Gasteiger partial charge in [0.05, 0.1) is 7.11 Å². The molecular weight excluding hydrogens is 376 g/mol.